The second kappa shape index (κ2) is 8.92. The smallest absolute Gasteiger partial charge is 0.339 e. The summed E-state index contributed by atoms with van der Waals surface area (Å²) in [4.78, 5) is 25.0. The Hall–Kier alpha value is -3.12. The second-order valence-corrected chi connectivity index (χ2v) is 6.79. The van der Waals surface area contributed by atoms with Gasteiger partial charge in [0.15, 0.2) is 0 Å². The lowest BCUT2D eigenvalue weighted by molar-refractivity contribution is -0.116. The molecule has 0 atom stereocenters. The Balaban J connectivity index is 1.93. The van der Waals surface area contributed by atoms with Crippen LogP contribution in [0.3, 0.4) is 0 Å². The minimum atomic E-state index is -0.559. The molecule has 150 valence electrons. The zero-order valence-corrected chi connectivity index (χ0v) is 16.8. The Morgan fingerprint density at radius 3 is 2.52 bits per heavy atom. The molecule has 0 unspecified atom stereocenters. The Morgan fingerprint density at radius 2 is 1.86 bits per heavy atom. The molecular weight excluding hydrogens is 395 g/mol. The molecule has 0 aliphatic carbocycles. The number of esters is 1. The maximum absolute atomic E-state index is 13.3. The zero-order valence-electron chi connectivity index (χ0n) is 16.0. The van der Waals surface area contributed by atoms with Gasteiger partial charge in [0.1, 0.15) is 12.4 Å². The summed E-state index contributed by atoms with van der Waals surface area (Å²) in [6.07, 6.45) is 0. The monoisotopic (exact) mass is 414 g/mol. The van der Waals surface area contributed by atoms with Crippen molar-refractivity contribution in [1.29, 1.82) is 0 Å². The number of nitrogens with zero attached hydrogens (tertiary/aromatic N) is 1. The average molecular weight is 415 g/mol. The van der Waals surface area contributed by atoms with Gasteiger partial charge in [-0.2, -0.15) is 0 Å². The number of halogens is 2. The summed E-state index contributed by atoms with van der Waals surface area (Å²) in [6.45, 7) is 3.73. The van der Waals surface area contributed by atoms with Crippen molar-refractivity contribution in [1.82, 2.24) is 4.57 Å². The number of ether oxygens (including phenoxy) is 1. The fraction of sp³-hybridized carbons (Fsp3) is 0.182. The molecule has 3 rings (SSSR count). The van der Waals surface area contributed by atoms with E-state index in [1.54, 1.807) is 24.5 Å². The quantitative estimate of drug-likeness (QED) is 0.573. The summed E-state index contributed by atoms with van der Waals surface area (Å²) in [6, 6.07) is 15.1. The van der Waals surface area contributed by atoms with E-state index in [2.05, 4.69) is 5.32 Å². The number of hydrogen-bond donors (Lipinski definition) is 1. The van der Waals surface area contributed by atoms with Crippen LogP contribution in [0, 0.1) is 12.7 Å². The molecule has 0 bridgehead atoms. The van der Waals surface area contributed by atoms with E-state index in [0.29, 0.717) is 16.9 Å². The molecule has 1 aromatic heterocycles. The van der Waals surface area contributed by atoms with Gasteiger partial charge in [0.05, 0.1) is 17.2 Å². The highest BCUT2D eigenvalue weighted by atomic mass is 35.5. The molecule has 7 heteroatoms. The first-order valence-corrected chi connectivity index (χ1v) is 9.46. The number of aromatic nitrogens is 1. The van der Waals surface area contributed by atoms with Crippen LogP contribution in [0.1, 0.15) is 23.0 Å². The van der Waals surface area contributed by atoms with Crippen molar-refractivity contribution in [2.24, 2.45) is 0 Å². The van der Waals surface area contributed by atoms with Gasteiger partial charge in [0.25, 0.3) is 0 Å². The van der Waals surface area contributed by atoms with Gasteiger partial charge in [-0.05, 0) is 43.7 Å². The van der Waals surface area contributed by atoms with Gasteiger partial charge in [-0.3, -0.25) is 4.79 Å². The molecule has 1 N–H and O–H groups in total. The van der Waals surface area contributed by atoms with E-state index in [0.717, 1.165) is 11.3 Å². The predicted octanol–water partition coefficient (Wildman–Crippen LogP) is 5.07. The van der Waals surface area contributed by atoms with Crippen molar-refractivity contribution in [2.45, 2.75) is 20.4 Å². The Labute approximate surface area is 173 Å². The van der Waals surface area contributed by atoms with Gasteiger partial charge in [-0.1, -0.05) is 41.9 Å². The first-order valence-electron chi connectivity index (χ1n) is 9.08. The van der Waals surface area contributed by atoms with Gasteiger partial charge in [0.2, 0.25) is 5.91 Å². The van der Waals surface area contributed by atoms with E-state index in [9.17, 15) is 14.0 Å². The van der Waals surface area contributed by atoms with Crippen LogP contribution in [0.15, 0.2) is 54.6 Å². The molecule has 3 aromatic rings. The summed E-state index contributed by atoms with van der Waals surface area (Å²) in [7, 11) is 0. The van der Waals surface area contributed by atoms with Gasteiger partial charge in [0, 0.05) is 17.1 Å². The standard InChI is InChI=1S/C22H20ClFN2O3/c1-3-29-22(28)17-12-20(15-7-5-4-6-8-15)26(14(17)2)13-21(27)25-16-9-10-19(24)18(23)11-16/h4-12H,3,13H2,1-2H3,(H,25,27). The molecule has 1 heterocycles. The van der Waals surface area contributed by atoms with E-state index in [4.69, 9.17) is 16.3 Å². The largest absolute Gasteiger partial charge is 0.462 e. The van der Waals surface area contributed by atoms with Gasteiger partial charge < -0.3 is 14.6 Å². The molecule has 0 aliphatic heterocycles. The minimum Gasteiger partial charge on any atom is -0.462 e. The van der Waals surface area contributed by atoms with Crippen LogP contribution in [-0.4, -0.2) is 23.1 Å². The van der Waals surface area contributed by atoms with E-state index in [1.807, 2.05) is 30.3 Å². The van der Waals surface area contributed by atoms with Crippen LogP contribution in [0.4, 0.5) is 10.1 Å². The predicted molar refractivity (Wildman–Crippen MR) is 111 cm³/mol. The Morgan fingerprint density at radius 1 is 1.14 bits per heavy atom. The lowest BCUT2D eigenvalue weighted by Crippen LogP contribution is -2.20. The van der Waals surface area contributed by atoms with Crippen LogP contribution in [0.2, 0.25) is 5.02 Å². The molecule has 29 heavy (non-hydrogen) atoms. The Kier molecular flexibility index (Phi) is 6.34. The third-order valence-corrected chi connectivity index (χ3v) is 4.73. The van der Waals surface area contributed by atoms with Crippen molar-refractivity contribution in [2.75, 3.05) is 11.9 Å². The summed E-state index contributed by atoms with van der Waals surface area (Å²) >= 11 is 5.77. The lowest BCUT2D eigenvalue weighted by Gasteiger charge is -2.13. The van der Waals surface area contributed by atoms with E-state index in [1.165, 1.54) is 18.2 Å². The average Bonchev–Trinajstić information content (AvgIpc) is 3.02. The fourth-order valence-corrected chi connectivity index (χ4v) is 3.21. The fourth-order valence-electron chi connectivity index (χ4n) is 3.03. The second-order valence-electron chi connectivity index (χ2n) is 6.38. The van der Waals surface area contributed by atoms with Crippen LogP contribution in [0.5, 0.6) is 0 Å². The molecule has 1 amide bonds. The molecule has 0 fully saturated rings. The minimum absolute atomic E-state index is 0.0372. The highest BCUT2D eigenvalue weighted by Crippen LogP contribution is 2.27. The highest BCUT2D eigenvalue weighted by molar-refractivity contribution is 6.31. The lowest BCUT2D eigenvalue weighted by atomic mass is 10.1. The number of amides is 1. The molecule has 0 aliphatic rings. The van der Waals surface area contributed by atoms with Crippen molar-refractivity contribution >= 4 is 29.2 Å². The summed E-state index contributed by atoms with van der Waals surface area (Å²) in [5, 5.41) is 2.63. The normalized spacial score (nSPS) is 10.6. The van der Waals surface area contributed by atoms with Crippen molar-refractivity contribution < 1.29 is 18.7 Å². The zero-order chi connectivity index (χ0) is 21.0. The number of carbonyl (C=O) groups is 2. The number of hydrogen-bond acceptors (Lipinski definition) is 3. The van der Waals surface area contributed by atoms with Crippen LogP contribution in [0.25, 0.3) is 11.3 Å². The number of nitrogens with one attached hydrogen (secondary N) is 1. The molecular formula is C22H20ClFN2O3. The first-order chi connectivity index (χ1) is 13.9. The topological polar surface area (TPSA) is 60.3 Å². The number of anilines is 1. The van der Waals surface area contributed by atoms with E-state index >= 15 is 0 Å². The summed E-state index contributed by atoms with van der Waals surface area (Å²) in [5.74, 6) is -1.33. The van der Waals surface area contributed by atoms with Crippen molar-refractivity contribution in [3.63, 3.8) is 0 Å². The maximum atomic E-state index is 13.3. The van der Waals surface area contributed by atoms with Crippen LogP contribution < -0.4 is 5.32 Å². The van der Waals surface area contributed by atoms with Gasteiger partial charge in [-0.15, -0.1) is 0 Å². The maximum Gasteiger partial charge on any atom is 0.339 e. The molecule has 5 nitrogen and oxygen atoms in total. The third-order valence-electron chi connectivity index (χ3n) is 4.44. The molecule has 2 aromatic carbocycles. The van der Waals surface area contributed by atoms with E-state index in [-0.39, 0.29) is 24.1 Å². The number of rotatable bonds is 6. The Bertz CT molecular complexity index is 1050. The SMILES string of the molecule is CCOC(=O)c1cc(-c2ccccc2)n(CC(=O)Nc2ccc(F)c(Cl)c2)c1C. The summed E-state index contributed by atoms with van der Waals surface area (Å²) < 4.78 is 20.2. The van der Waals surface area contributed by atoms with Gasteiger partial charge in [-0.25, -0.2) is 9.18 Å². The highest BCUT2D eigenvalue weighted by Gasteiger charge is 2.21. The number of carbonyl (C=O) groups excluding carboxylic acids is 2. The van der Waals surface area contributed by atoms with Crippen LogP contribution >= 0.6 is 11.6 Å². The molecule has 0 saturated carbocycles. The van der Waals surface area contributed by atoms with E-state index < -0.39 is 11.8 Å². The van der Waals surface area contributed by atoms with Crippen LogP contribution in [-0.2, 0) is 16.1 Å². The van der Waals surface area contributed by atoms with Crippen molar-refractivity contribution in [3.8, 4) is 11.3 Å². The molecule has 0 radical (unpaired) electrons. The first kappa shape index (κ1) is 20.6. The molecule has 0 spiro atoms. The number of benzene rings is 2. The van der Waals surface area contributed by atoms with Gasteiger partial charge >= 0.3 is 5.97 Å². The summed E-state index contributed by atoms with van der Waals surface area (Å²) in [5.41, 5.74) is 3.00. The third kappa shape index (κ3) is 4.66. The molecule has 0 saturated heterocycles. The van der Waals surface area contributed by atoms with Crippen molar-refractivity contribution in [3.05, 3.63) is 76.7 Å².